The van der Waals surface area contributed by atoms with E-state index in [1.807, 2.05) is 18.2 Å². The van der Waals surface area contributed by atoms with Gasteiger partial charge >= 0.3 is 0 Å². The summed E-state index contributed by atoms with van der Waals surface area (Å²) < 4.78 is 2.05. The van der Waals surface area contributed by atoms with Crippen molar-refractivity contribution in [3.8, 4) is 0 Å². The molecule has 1 heterocycles. The number of halogens is 2. The summed E-state index contributed by atoms with van der Waals surface area (Å²) in [5.41, 5.74) is 4.38. The molecule has 20 heavy (non-hydrogen) atoms. The lowest BCUT2D eigenvalue weighted by Crippen LogP contribution is -1.94. The van der Waals surface area contributed by atoms with Crippen LogP contribution in [0.25, 0.3) is 10.2 Å². The summed E-state index contributed by atoms with van der Waals surface area (Å²) in [6.45, 7) is 4.17. The van der Waals surface area contributed by atoms with Gasteiger partial charge in [0.2, 0.25) is 0 Å². The van der Waals surface area contributed by atoms with Crippen molar-refractivity contribution in [2.45, 2.75) is 13.8 Å². The van der Waals surface area contributed by atoms with E-state index in [1.54, 1.807) is 11.3 Å². The third-order valence-corrected chi connectivity index (χ3v) is 5.10. The second-order valence-corrected chi connectivity index (χ2v) is 6.93. The third kappa shape index (κ3) is 2.55. The molecule has 2 nitrogen and oxygen atoms in total. The van der Waals surface area contributed by atoms with Gasteiger partial charge in [0, 0.05) is 4.47 Å². The Morgan fingerprint density at radius 2 is 2.05 bits per heavy atom. The SMILES string of the molecule is Cc1cc(C)c(Nc2nc3cccc(Cl)c3s2)c(Br)c1. The van der Waals surface area contributed by atoms with Crippen molar-refractivity contribution in [2.24, 2.45) is 0 Å². The molecule has 0 saturated heterocycles. The molecule has 0 aliphatic carbocycles. The summed E-state index contributed by atoms with van der Waals surface area (Å²) in [6, 6.07) is 10.0. The van der Waals surface area contributed by atoms with Gasteiger partial charge in [-0.05, 0) is 59.1 Å². The predicted molar refractivity (Wildman–Crippen MR) is 91.5 cm³/mol. The van der Waals surface area contributed by atoms with Crippen molar-refractivity contribution in [2.75, 3.05) is 5.32 Å². The van der Waals surface area contributed by atoms with Crippen molar-refractivity contribution < 1.29 is 0 Å². The summed E-state index contributed by atoms with van der Waals surface area (Å²) in [5, 5.41) is 4.98. The van der Waals surface area contributed by atoms with Crippen LogP contribution in [0.15, 0.2) is 34.8 Å². The Morgan fingerprint density at radius 3 is 2.75 bits per heavy atom. The standard InChI is InChI=1S/C15H12BrClN2S/c1-8-6-9(2)13(10(16)7-8)19-15-18-12-5-3-4-11(17)14(12)20-15/h3-7H,1-2H3,(H,18,19). The second-order valence-electron chi connectivity index (χ2n) is 4.67. The summed E-state index contributed by atoms with van der Waals surface area (Å²) >= 11 is 11.4. The van der Waals surface area contributed by atoms with E-state index in [1.165, 1.54) is 11.1 Å². The number of hydrogen-bond acceptors (Lipinski definition) is 3. The number of benzene rings is 2. The van der Waals surface area contributed by atoms with Gasteiger partial charge < -0.3 is 5.32 Å². The van der Waals surface area contributed by atoms with E-state index in [0.29, 0.717) is 0 Å². The maximum absolute atomic E-state index is 6.19. The highest BCUT2D eigenvalue weighted by Gasteiger charge is 2.10. The molecule has 3 rings (SSSR count). The van der Waals surface area contributed by atoms with Gasteiger partial charge in [-0.1, -0.05) is 35.1 Å². The van der Waals surface area contributed by atoms with Gasteiger partial charge in [-0.2, -0.15) is 0 Å². The fraction of sp³-hybridized carbons (Fsp3) is 0.133. The van der Waals surface area contributed by atoms with Crippen LogP contribution < -0.4 is 5.32 Å². The first-order valence-electron chi connectivity index (χ1n) is 6.13. The van der Waals surface area contributed by atoms with Gasteiger partial charge in [0.1, 0.15) is 0 Å². The van der Waals surface area contributed by atoms with E-state index in [4.69, 9.17) is 11.6 Å². The van der Waals surface area contributed by atoms with Crippen LogP contribution in [-0.4, -0.2) is 4.98 Å². The number of hydrogen-bond donors (Lipinski definition) is 1. The number of thiazole rings is 1. The molecule has 0 aliphatic rings. The van der Waals surface area contributed by atoms with Gasteiger partial charge in [0.05, 0.1) is 20.9 Å². The van der Waals surface area contributed by atoms with Crippen LogP contribution >= 0.6 is 38.9 Å². The Morgan fingerprint density at radius 1 is 1.25 bits per heavy atom. The maximum Gasteiger partial charge on any atom is 0.188 e. The Labute approximate surface area is 134 Å². The normalized spacial score (nSPS) is 11.0. The van der Waals surface area contributed by atoms with Crippen LogP contribution in [0.1, 0.15) is 11.1 Å². The van der Waals surface area contributed by atoms with Gasteiger partial charge in [0.15, 0.2) is 5.13 Å². The summed E-state index contributed by atoms with van der Waals surface area (Å²) in [7, 11) is 0. The molecule has 102 valence electrons. The van der Waals surface area contributed by atoms with Crippen LogP contribution in [0.5, 0.6) is 0 Å². The number of anilines is 2. The van der Waals surface area contributed by atoms with Crippen molar-refractivity contribution in [3.63, 3.8) is 0 Å². The number of nitrogens with zero attached hydrogens (tertiary/aromatic N) is 1. The number of aryl methyl sites for hydroxylation is 2. The van der Waals surface area contributed by atoms with Crippen molar-refractivity contribution in [1.82, 2.24) is 4.98 Å². The first-order valence-corrected chi connectivity index (χ1v) is 8.12. The molecule has 0 amide bonds. The van der Waals surface area contributed by atoms with Crippen LogP contribution in [0, 0.1) is 13.8 Å². The molecule has 0 fully saturated rings. The Hall–Kier alpha value is -1.10. The Balaban J connectivity index is 2.04. The monoisotopic (exact) mass is 366 g/mol. The topological polar surface area (TPSA) is 24.9 Å². The molecular formula is C15H12BrClN2S. The zero-order chi connectivity index (χ0) is 14.3. The molecule has 3 aromatic rings. The molecule has 5 heteroatoms. The van der Waals surface area contributed by atoms with Crippen LogP contribution in [0.4, 0.5) is 10.8 Å². The van der Waals surface area contributed by atoms with Crippen molar-refractivity contribution in [3.05, 3.63) is 51.0 Å². The molecular weight excluding hydrogens is 356 g/mol. The van der Waals surface area contributed by atoms with E-state index in [-0.39, 0.29) is 0 Å². The van der Waals surface area contributed by atoms with E-state index in [2.05, 4.69) is 52.2 Å². The summed E-state index contributed by atoms with van der Waals surface area (Å²) in [5.74, 6) is 0. The lowest BCUT2D eigenvalue weighted by atomic mass is 10.1. The molecule has 0 radical (unpaired) electrons. The first kappa shape index (κ1) is 13.9. The predicted octanol–water partition coefficient (Wildman–Crippen LogP) is 6.07. The van der Waals surface area contributed by atoms with Crippen LogP contribution in [0.3, 0.4) is 0 Å². The minimum Gasteiger partial charge on any atom is -0.330 e. The first-order chi connectivity index (χ1) is 9.54. The highest BCUT2D eigenvalue weighted by atomic mass is 79.9. The second kappa shape index (κ2) is 5.35. The van der Waals surface area contributed by atoms with Crippen molar-refractivity contribution in [1.29, 1.82) is 0 Å². The van der Waals surface area contributed by atoms with Gasteiger partial charge in [0.25, 0.3) is 0 Å². The van der Waals surface area contributed by atoms with Gasteiger partial charge in [-0.25, -0.2) is 4.98 Å². The molecule has 0 saturated carbocycles. The van der Waals surface area contributed by atoms with E-state index in [9.17, 15) is 0 Å². The summed E-state index contributed by atoms with van der Waals surface area (Å²) in [6.07, 6.45) is 0. The molecule has 2 aromatic carbocycles. The molecule has 1 aromatic heterocycles. The molecule has 0 atom stereocenters. The van der Waals surface area contributed by atoms with E-state index >= 15 is 0 Å². The van der Waals surface area contributed by atoms with Crippen molar-refractivity contribution >= 4 is 59.9 Å². The van der Waals surface area contributed by atoms with E-state index in [0.717, 1.165) is 30.5 Å². The van der Waals surface area contributed by atoms with Gasteiger partial charge in [-0.15, -0.1) is 0 Å². The molecule has 0 bridgehead atoms. The van der Waals surface area contributed by atoms with Crippen LogP contribution in [0.2, 0.25) is 5.02 Å². The zero-order valence-corrected chi connectivity index (χ0v) is 14.2. The molecule has 0 unspecified atom stereocenters. The average molecular weight is 368 g/mol. The smallest absolute Gasteiger partial charge is 0.188 e. The zero-order valence-electron chi connectivity index (χ0n) is 11.0. The molecule has 0 spiro atoms. The Kier molecular flexibility index (Phi) is 3.71. The minimum absolute atomic E-state index is 0.743. The number of nitrogens with one attached hydrogen (secondary N) is 1. The van der Waals surface area contributed by atoms with Gasteiger partial charge in [-0.3, -0.25) is 0 Å². The average Bonchev–Trinajstić information content (AvgIpc) is 2.78. The Bertz CT molecular complexity index is 775. The van der Waals surface area contributed by atoms with Crippen LogP contribution in [-0.2, 0) is 0 Å². The highest BCUT2D eigenvalue weighted by Crippen LogP contribution is 2.36. The lowest BCUT2D eigenvalue weighted by molar-refractivity contribution is 1.34. The molecule has 0 aliphatic heterocycles. The number of fused-ring (bicyclic) bond motifs is 1. The number of rotatable bonds is 2. The quantitative estimate of drug-likeness (QED) is 0.594. The largest absolute Gasteiger partial charge is 0.330 e. The highest BCUT2D eigenvalue weighted by molar-refractivity contribution is 9.10. The minimum atomic E-state index is 0.743. The molecule has 1 N–H and O–H groups in total. The third-order valence-electron chi connectivity index (χ3n) is 3.03. The summed E-state index contributed by atoms with van der Waals surface area (Å²) in [4.78, 5) is 4.58. The van der Waals surface area contributed by atoms with E-state index < -0.39 is 0 Å². The fourth-order valence-corrected chi connectivity index (χ4v) is 4.08. The maximum atomic E-state index is 6.19. The lowest BCUT2D eigenvalue weighted by Gasteiger charge is -2.10. The fourth-order valence-electron chi connectivity index (χ4n) is 2.15. The number of aromatic nitrogens is 1.